The molecule has 0 atom stereocenters. The molecule has 1 aromatic carbocycles. The summed E-state index contributed by atoms with van der Waals surface area (Å²) in [5, 5.41) is 0. The van der Waals surface area contributed by atoms with Crippen molar-refractivity contribution in [3.63, 3.8) is 0 Å². The van der Waals surface area contributed by atoms with Crippen LogP contribution in [0.4, 0.5) is 11.4 Å². The molecule has 0 aliphatic carbocycles. The van der Waals surface area contributed by atoms with E-state index in [-0.39, 0.29) is 11.8 Å². The van der Waals surface area contributed by atoms with E-state index in [0.29, 0.717) is 35.7 Å². The first-order valence-electron chi connectivity index (χ1n) is 6.36. The third-order valence-corrected chi connectivity index (χ3v) is 3.45. The largest absolute Gasteiger partial charge is 0.313 e. The minimum absolute atomic E-state index is 0.0255. The third-order valence-electron chi connectivity index (χ3n) is 3.00. The van der Waals surface area contributed by atoms with Crippen molar-refractivity contribution in [2.75, 3.05) is 35.4 Å². The molecule has 0 heterocycles. The van der Waals surface area contributed by atoms with Crippen LogP contribution in [0.2, 0.25) is 0 Å². The second kappa shape index (κ2) is 8.21. The average molecular weight is 312 g/mol. The Morgan fingerprint density at radius 3 is 1.55 bits per heavy atom. The minimum atomic E-state index is -0.0255. The zero-order valence-electron chi connectivity index (χ0n) is 11.7. The molecule has 0 aliphatic rings. The Hall–Kier alpha value is -1.14. The van der Waals surface area contributed by atoms with Gasteiger partial charge in [0.05, 0.1) is 11.4 Å². The maximum Gasteiger partial charge on any atom is 0.227 e. The van der Waals surface area contributed by atoms with E-state index in [9.17, 15) is 9.59 Å². The lowest BCUT2D eigenvalue weighted by Gasteiger charge is -2.25. The molecule has 0 N–H and O–H groups in total. The molecule has 0 saturated heterocycles. The second-order valence-electron chi connectivity index (χ2n) is 4.34. The third kappa shape index (κ3) is 4.18. The minimum Gasteiger partial charge on any atom is -0.313 e. The quantitative estimate of drug-likeness (QED) is 0.791. The van der Waals surface area contributed by atoms with Crippen molar-refractivity contribution < 1.29 is 9.59 Å². The summed E-state index contributed by atoms with van der Waals surface area (Å²) in [4.78, 5) is 27.1. The lowest BCUT2D eigenvalue weighted by molar-refractivity contribution is -0.119. The number of carbonyl (C=O) groups excluding carboxylic acids is 2. The lowest BCUT2D eigenvalue weighted by atomic mass is 10.2. The molecule has 0 aliphatic heterocycles. The summed E-state index contributed by atoms with van der Waals surface area (Å²) in [5.74, 6) is 0.949. The van der Waals surface area contributed by atoms with Gasteiger partial charge >= 0.3 is 0 Å². The number of carbonyl (C=O) groups is 2. The number of para-hydroxylation sites is 2. The van der Waals surface area contributed by atoms with Gasteiger partial charge in [0.2, 0.25) is 11.8 Å². The van der Waals surface area contributed by atoms with E-state index in [4.69, 9.17) is 0 Å². The van der Waals surface area contributed by atoms with Gasteiger partial charge in [-0.15, -0.1) is 0 Å². The molecule has 0 saturated carbocycles. The zero-order valence-corrected chi connectivity index (χ0v) is 13.5. The lowest BCUT2D eigenvalue weighted by Crippen LogP contribution is -2.31. The van der Waals surface area contributed by atoms with E-state index in [0.717, 1.165) is 0 Å². The monoisotopic (exact) mass is 312 g/mol. The molecule has 0 spiro atoms. The number of nitrogens with zero attached hydrogens (tertiary/aromatic N) is 2. The second-order valence-corrected chi connectivity index (χ2v) is 5.24. The molecule has 0 fully saturated rings. The number of rotatable bonds is 6. The molecule has 0 aromatic heterocycles. The highest BCUT2D eigenvalue weighted by molar-refractivity contribution is 7.80. The first kappa shape index (κ1) is 16.9. The van der Waals surface area contributed by atoms with E-state index in [1.54, 1.807) is 23.9 Å². The van der Waals surface area contributed by atoms with Gasteiger partial charge in [0.15, 0.2) is 0 Å². The van der Waals surface area contributed by atoms with E-state index < -0.39 is 0 Å². The molecule has 6 heteroatoms. The Morgan fingerprint density at radius 2 is 1.25 bits per heavy atom. The van der Waals surface area contributed by atoms with Crippen LogP contribution in [0.25, 0.3) is 0 Å². The maximum absolute atomic E-state index is 12.0. The molecule has 0 radical (unpaired) electrons. The van der Waals surface area contributed by atoms with Gasteiger partial charge in [-0.2, -0.15) is 25.3 Å². The predicted octanol–water partition coefficient (Wildman–Crippen LogP) is 2.25. The molecule has 4 nitrogen and oxygen atoms in total. The fourth-order valence-electron chi connectivity index (χ4n) is 1.83. The summed E-state index contributed by atoms with van der Waals surface area (Å²) in [6.45, 7) is 0. The van der Waals surface area contributed by atoms with Crippen molar-refractivity contribution >= 4 is 48.4 Å². The van der Waals surface area contributed by atoms with Crippen molar-refractivity contribution in [1.82, 2.24) is 0 Å². The highest BCUT2D eigenvalue weighted by atomic mass is 32.1. The van der Waals surface area contributed by atoms with Crippen LogP contribution in [-0.2, 0) is 9.59 Å². The van der Waals surface area contributed by atoms with E-state index in [2.05, 4.69) is 25.3 Å². The van der Waals surface area contributed by atoms with Crippen molar-refractivity contribution in [2.24, 2.45) is 0 Å². The van der Waals surface area contributed by atoms with Crippen molar-refractivity contribution in [3.8, 4) is 0 Å². The first-order chi connectivity index (χ1) is 9.52. The fourth-order valence-corrected chi connectivity index (χ4v) is 2.21. The summed E-state index contributed by atoms with van der Waals surface area (Å²) < 4.78 is 0. The molecule has 1 rings (SSSR count). The van der Waals surface area contributed by atoms with Crippen LogP contribution in [0.15, 0.2) is 24.3 Å². The number of thiol groups is 2. The van der Waals surface area contributed by atoms with Gasteiger partial charge in [-0.25, -0.2) is 0 Å². The molecular weight excluding hydrogens is 292 g/mol. The van der Waals surface area contributed by atoms with Crippen LogP contribution < -0.4 is 9.80 Å². The molecule has 20 heavy (non-hydrogen) atoms. The number of hydrogen-bond donors (Lipinski definition) is 2. The Labute approximate surface area is 131 Å². The predicted molar refractivity (Wildman–Crippen MR) is 90.2 cm³/mol. The number of benzene rings is 1. The van der Waals surface area contributed by atoms with E-state index >= 15 is 0 Å². The van der Waals surface area contributed by atoms with Crippen molar-refractivity contribution in [1.29, 1.82) is 0 Å². The van der Waals surface area contributed by atoms with Gasteiger partial charge in [-0.3, -0.25) is 9.59 Å². The number of anilines is 2. The van der Waals surface area contributed by atoms with E-state index in [1.807, 2.05) is 24.3 Å². The van der Waals surface area contributed by atoms with E-state index in [1.165, 1.54) is 0 Å². The number of hydrogen-bond acceptors (Lipinski definition) is 4. The Kier molecular flexibility index (Phi) is 6.95. The maximum atomic E-state index is 12.0. The summed E-state index contributed by atoms with van der Waals surface area (Å²) in [6, 6.07) is 7.35. The Bertz CT molecular complexity index is 437. The van der Waals surface area contributed by atoms with Crippen LogP contribution in [0.3, 0.4) is 0 Å². The Morgan fingerprint density at radius 1 is 0.900 bits per heavy atom. The van der Waals surface area contributed by atoms with Gasteiger partial charge in [0.1, 0.15) is 0 Å². The van der Waals surface area contributed by atoms with Gasteiger partial charge < -0.3 is 9.80 Å². The number of amides is 2. The van der Waals surface area contributed by atoms with Crippen LogP contribution in [-0.4, -0.2) is 37.4 Å². The van der Waals surface area contributed by atoms with Crippen LogP contribution in [0, 0.1) is 0 Å². The molecule has 110 valence electrons. The summed E-state index contributed by atoms with van der Waals surface area (Å²) in [7, 11) is 3.42. The highest BCUT2D eigenvalue weighted by Gasteiger charge is 2.18. The molecule has 0 unspecified atom stereocenters. The molecular formula is C14H20N2O2S2. The molecule has 2 amide bonds. The van der Waals surface area contributed by atoms with Crippen molar-refractivity contribution in [3.05, 3.63) is 24.3 Å². The topological polar surface area (TPSA) is 40.6 Å². The van der Waals surface area contributed by atoms with Gasteiger partial charge in [-0.1, -0.05) is 12.1 Å². The highest BCUT2D eigenvalue weighted by Crippen LogP contribution is 2.28. The van der Waals surface area contributed by atoms with Gasteiger partial charge in [0, 0.05) is 26.9 Å². The van der Waals surface area contributed by atoms with Crippen LogP contribution in [0.1, 0.15) is 12.8 Å². The summed E-state index contributed by atoms with van der Waals surface area (Å²) in [6.07, 6.45) is 0.727. The normalized spacial score (nSPS) is 10.2. The molecule has 0 bridgehead atoms. The average Bonchev–Trinajstić information content (AvgIpc) is 2.46. The standard InChI is InChI=1S/C14H20N2O2S2/c1-15(13(17)7-9-19)11-5-3-4-6-12(11)16(2)14(18)8-10-20/h3-6,19-20H,7-10H2,1-2H3. The summed E-state index contributed by atoms with van der Waals surface area (Å²) >= 11 is 8.15. The van der Waals surface area contributed by atoms with Gasteiger partial charge in [0.25, 0.3) is 0 Å². The van der Waals surface area contributed by atoms with Crippen LogP contribution >= 0.6 is 25.3 Å². The zero-order chi connectivity index (χ0) is 15.1. The Balaban J connectivity index is 3.04. The smallest absolute Gasteiger partial charge is 0.227 e. The van der Waals surface area contributed by atoms with Gasteiger partial charge in [-0.05, 0) is 23.6 Å². The van der Waals surface area contributed by atoms with Crippen molar-refractivity contribution in [2.45, 2.75) is 12.8 Å². The molecule has 1 aromatic rings. The fraction of sp³-hybridized carbons (Fsp3) is 0.429. The summed E-state index contributed by atoms with van der Waals surface area (Å²) in [5.41, 5.74) is 1.43. The van der Waals surface area contributed by atoms with Crippen LogP contribution in [0.5, 0.6) is 0 Å². The first-order valence-corrected chi connectivity index (χ1v) is 7.63. The SMILES string of the molecule is CN(C(=O)CCS)c1ccccc1N(C)C(=O)CCS.